The Morgan fingerprint density at radius 3 is 2.43 bits per heavy atom. The van der Waals surface area contributed by atoms with Gasteiger partial charge in [-0.15, -0.1) is 0 Å². The molecule has 0 bridgehead atoms. The number of fused-ring (bicyclic) bond motifs is 1. The van der Waals surface area contributed by atoms with Crippen LogP contribution < -0.4 is 31.4 Å². The van der Waals surface area contributed by atoms with Crippen molar-refractivity contribution in [1.82, 2.24) is 15.3 Å². The molecule has 1 aromatic heterocycles. The molecule has 9 heteroatoms. The van der Waals surface area contributed by atoms with E-state index in [-0.39, 0.29) is 11.4 Å². The third-order valence-corrected chi connectivity index (χ3v) is 3.52. The van der Waals surface area contributed by atoms with E-state index >= 15 is 0 Å². The Bertz CT molecular complexity index is 885. The Labute approximate surface area is 129 Å². The first-order valence-electron chi connectivity index (χ1n) is 6.69. The highest BCUT2D eigenvalue weighted by atomic mass is 16.5. The number of methoxy groups -OCH3 is 2. The number of ether oxygens (including phenoxy) is 2. The smallest absolute Gasteiger partial charge is 0.327 e. The van der Waals surface area contributed by atoms with E-state index < -0.39 is 23.3 Å². The van der Waals surface area contributed by atoms with Gasteiger partial charge in [-0.05, 0) is 17.7 Å². The summed E-state index contributed by atoms with van der Waals surface area (Å²) in [6, 6.07) is 3.76. The monoisotopic (exact) mass is 318 g/mol. The van der Waals surface area contributed by atoms with Crippen molar-refractivity contribution in [3.05, 3.63) is 50.2 Å². The number of H-pyrrole nitrogens is 2. The molecule has 1 aliphatic heterocycles. The van der Waals surface area contributed by atoms with Crippen molar-refractivity contribution in [2.75, 3.05) is 19.5 Å². The molecule has 1 atom stereocenters. The van der Waals surface area contributed by atoms with Crippen LogP contribution in [-0.4, -0.2) is 30.2 Å². The molecule has 0 aliphatic carbocycles. The summed E-state index contributed by atoms with van der Waals surface area (Å²) >= 11 is 0. The number of aromatic amines is 2. The van der Waals surface area contributed by atoms with Crippen molar-refractivity contribution in [2.24, 2.45) is 0 Å². The zero-order valence-corrected chi connectivity index (χ0v) is 12.4. The van der Waals surface area contributed by atoms with Gasteiger partial charge in [0.05, 0.1) is 25.8 Å². The molecule has 2 amide bonds. The van der Waals surface area contributed by atoms with Crippen LogP contribution in [0.4, 0.5) is 10.6 Å². The normalized spacial score (nSPS) is 16.1. The Morgan fingerprint density at radius 2 is 1.74 bits per heavy atom. The summed E-state index contributed by atoms with van der Waals surface area (Å²) in [6.45, 7) is 0. The van der Waals surface area contributed by atoms with Crippen molar-refractivity contribution >= 4 is 11.8 Å². The Hall–Kier alpha value is -3.23. The van der Waals surface area contributed by atoms with Gasteiger partial charge in [0.15, 0.2) is 11.5 Å². The van der Waals surface area contributed by atoms with Crippen molar-refractivity contribution in [1.29, 1.82) is 0 Å². The molecule has 120 valence electrons. The topological polar surface area (TPSA) is 125 Å². The minimum absolute atomic E-state index is 0.0716. The van der Waals surface area contributed by atoms with E-state index in [1.165, 1.54) is 14.2 Å². The van der Waals surface area contributed by atoms with Gasteiger partial charge in [0.2, 0.25) is 0 Å². The van der Waals surface area contributed by atoms with Gasteiger partial charge in [0, 0.05) is 0 Å². The molecule has 1 unspecified atom stereocenters. The quantitative estimate of drug-likeness (QED) is 0.648. The highest BCUT2D eigenvalue weighted by molar-refractivity contribution is 5.92. The van der Waals surface area contributed by atoms with Gasteiger partial charge >= 0.3 is 11.7 Å². The first-order chi connectivity index (χ1) is 11.0. The summed E-state index contributed by atoms with van der Waals surface area (Å²) in [4.78, 5) is 39.9. The second-order valence-corrected chi connectivity index (χ2v) is 4.84. The maximum absolute atomic E-state index is 12.1. The maximum Gasteiger partial charge on any atom is 0.327 e. The van der Waals surface area contributed by atoms with Gasteiger partial charge in [-0.25, -0.2) is 9.59 Å². The lowest BCUT2D eigenvalue weighted by molar-refractivity contribution is 0.248. The fraction of sp³-hybridized carbons (Fsp3) is 0.214. The third-order valence-electron chi connectivity index (χ3n) is 3.52. The average Bonchev–Trinajstić information content (AvgIpc) is 2.52. The molecule has 0 spiro atoms. The number of aromatic nitrogens is 2. The third kappa shape index (κ3) is 2.52. The molecule has 2 aromatic rings. The van der Waals surface area contributed by atoms with Crippen LogP contribution in [0.25, 0.3) is 0 Å². The molecule has 3 rings (SSSR count). The minimum atomic E-state index is -0.737. The van der Waals surface area contributed by atoms with Crippen LogP contribution in [0.5, 0.6) is 11.5 Å². The fourth-order valence-corrected chi connectivity index (χ4v) is 2.51. The van der Waals surface area contributed by atoms with E-state index in [0.29, 0.717) is 17.1 Å². The van der Waals surface area contributed by atoms with Crippen LogP contribution in [0.2, 0.25) is 0 Å². The molecule has 1 aromatic carbocycles. The molecular formula is C14H14N4O5. The van der Waals surface area contributed by atoms with Crippen molar-refractivity contribution in [2.45, 2.75) is 6.04 Å². The second-order valence-electron chi connectivity index (χ2n) is 4.84. The first kappa shape index (κ1) is 14.7. The SMILES string of the molecule is COc1ccc(C2NC(=O)Nc3[nH]c(=O)[nH]c(=O)c32)cc1OC. The molecule has 0 fully saturated rings. The van der Waals surface area contributed by atoms with E-state index in [0.717, 1.165) is 0 Å². The predicted molar refractivity (Wildman–Crippen MR) is 81.2 cm³/mol. The fourth-order valence-electron chi connectivity index (χ4n) is 2.51. The molecule has 0 saturated heterocycles. The zero-order chi connectivity index (χ0) is 16.6. The molecule has 2 heterocycles. The Balaban J connectivity index is 2.17. The Kier molecular flexibility index (Phi) is 3.53. The first-order valence-corrected chi connectivity index (χ1v) is 6.69. The average molecular weight is 318 g/mol. The summed E-state index contributed by atoms with van der Waals surface area (Å²) in [7, 11) is 3.00. The van der Waals surface area contributed by atoms with E-state index in [1.54, 1.807) is 18.2 Å². The number of rotatable bonds is 3. The molecule has 1 aliphatic rings. The summed E-state index contributed by atoms with van der Waals surface area (Å²) in [5.41, 5.74) is -0.467. The van der Waals surface area contributed by atoms with Crippen LogP contribution in [0.3, 0.4) is 0 Å². The summed E-state index contributed by atoms with van der Waals surface area (Å²) in [5.74, 6) is 1.05. The molecule has 0 radical (unpaired) electrons. The van der Waals surface area contributed by atoms with E-state index in [4.69, 9.17) is 9.47 Å². The highest BCUT2D eigenvalue weighted by Gasteiger charge is 2.30. The van der Waals surface area contributed by atoms with Crippen LogP contribution in [0.15, 0.2) is 27.8 Å². The highest BCUT2D eigenvalue weighted by Crippen LogP contribution is 2.33. The van der Waals surface area contributed by atoms with Crippen molar-refractivity contribution < 1.29 is 14.3 Å². The van der Waals surface area contributed by atoms with Crippen LogP contribution in [0.1, 0.15) is 17.2 Å². The van der Waals surface area contributed by atoms with Crippen LogP contribution in [0, 0.1) is 0 Å². The van der Waals surface area contributed by atoms with Gasteiger partial charge in [-0.2, -0.15) is 0 Å². The van der Waals surface area contributed by atoms with Gasteiger partial charge in [-0.3, -0.25) is 20.1 Å². The number of nitrogens with one attached hydrogen (secondary N) is 4. The molecular weight excluding hydrogens is 304 g/mol. The molecule has 0 saturated carbocycles. The predicted octanol–water partition coefficient (Wildman–Crippen LogP) is 0.305. The lowest BCUT2D eigenvalue weighted by Crippen LogP contribution is -2.44. The number of hydrogen-bond donors (Lipinski definition) is 4. The maximum atomic E-state index is 12.1. The van der Waals surface area contributed by atoms with Gasteiger partial charge in [0.25, 0.3) is 5.56 Å². The standard InChI is InChI=1S/C14H14N4O5/c1-22-7-4-3-6(5-8(7)23-2)10-9-11(16-13(20)15-10)17-14(21)18-12(9)19/h3-5,10H,1-2H3,(H4,15,16,17,18,19,20,21). The molecule has 4 N–H and O–H groups in total. The number of carbonyl (C=O) groups is 1. The lowest BCUT2D eigenvalue weighted by Gasteiger charge is -2.26. The summed E-state index contributed by atoms with van der Waals surface area (Å²) in [5, 5.41) is 5.06. The molecule has 23 heavy (non-hydrogen) atoms. The Morgan fingerprint density at radius 1 is 1.00 bits per heavy atom. The minimum Gasteiger partial charge on any atom is -0.493 e. The van der Waals surface area contributed by atoms with E-state index in [2.05, 4.69) is 20.6 Å². The number of anilines is 1. The van der Waals surface area contributed by atoms with Crippen molar-refractivity contribution in [3.63, 3.8) is 0 Å². The number of hydrogen-bond acceptors (Lipinski definition) is 5. The number of amides is 2. The second kappa shape index (κ2) is 5.52. The van der Waals surface area contributed by atoms with Crippen LogP contribution >= 0.6 is 0 Å². The summed E-state index contributed by atoms with van der Waals surface area (Å²) in [6.07, 6.45) is 0. The van der Waals surface area contributed by atoms with E-state index in [9.17, 15) is 14.4 Å². The van der Waals surface area contributed by atoms with Gasteiger partial charge in [0.1, 0.15) is 5.82 Å². The summed E-state index contributed by atoms with van der Waals surface area (Å²) < 4.78 is 10.4. The number of benzene rings is 1. The van der Waals surface area contributed by atoms with Gasteiger partial charge < -0.3 is 14.8 Å². The lowest BCUT2D eigenvalue weighted by atomic mass is 9.98. The zero-order valence-electron chi connectivity index (χ0n) is 12.4. The van der Waals surface area contributed by atoms with E-state index in [1.807, 2.05) is 0 Å². The van der Waals surface area contributed by atoms with Crippen LogP contribution in [-0.2, 0) is 0 Å². The largest absolute Gasteiger partial charge is 0.493 e. The van der Waals surface area contributed by atoms with Gasteiger partial charge in [-0.1, -0.05) is 6.07 Å². The number of carbonyl (C=O) groups excluding carboxylic acids is 1. The number of urea groups is 1. The molecule has 9 nitrogen and oxygen atoms in total. The van der Waals surface area contributed by atoms with Crippen molar-refractivity contribution in [3.8, 4) is 11.5 Å².